The zero-order chi connectivity index (χ0) is 21.9. The van der Waals surface area contributed by atoms with Crippen molar-refractivity contribution in [2.45, 2.75) is 32.2 Å². The van der Waals surface area contributed by atoms with Crippen LogP contribution in [0.25, 0.3) is 11.3 Å². The van der Waals surface area contributed by atoms with Crippen molar-refractivity contribution in [3.05, 3.63) is 101 Å². The summed E-state index contributed by atoms with van der Waals surface area (Å²) in [5.74, 6) is 0.293. The fourth-order valence-corrected chi connectivity index (χ4v) is 4.13. The number of carbonyl (C=O) groups excluding carboxylic acids is 1. The average Bonchev–Trinajstić information content (AvgIpc) is 3.33. The molecule has 0 bridgehead atoms. The fraction of sp³-hybridized carbons (Fsp3) is 0.192. The van der Waals surface area contributed by atoms with Gasteiger partial charge in [0.15, 0.2) is 11.5 Å². The summed E-state index contributed by atoms with van der Waals surface area (Å²) < 4.78 is 19.2. The maximum Gasteiger partial charge on any atom is 0.281 e. The molecule has 0 spiro atoms. The van der Waals surface area contributed by atoms with E-state index in [1.165, 1.54) is 41.0 Å². The molecule has 1 aliphatic carbocycles. The molecule has 0 radical (unpaired) electrons. The molecule has 160 valence electrons. The summed E-state index contributed by atoms with van der Waals surface area (Å²) in [5, 5.41) is 4.04. The van der Waals surface area contributed by atoms with E-state index in [2.05, 4.69) is 22.3 Å². The van der Waals surface area contributed by atoms with Crippen molar-refractivity contribution in [1.29, 1.82) is 0 Å². The summed E-state index contributed by atoms with van der Waals surface area (Å²) in [5.41, 5.74) is 4.46. The molecule has 32 heavy (non-hydrogen) atoms. The monoisotopic (exact) mass is 427 g/mol. The molecule has 0 saturated carbocycles. The van der Waals surface area contributed by atoms with E-state index in [9.17, 15) is 9.18 Å². The van der Waals surface area contributed by atoms with Gasteiger partial charge in [0.1, 0.15) is 11.6 Å². The Hall–Kier alpha value is -3.80. The Balaban J connectivity index is 1.45. The molecule has 5 nitrogen and oxygen atoms in total. The van der Waals surface area contributed by atoms with Crippen molar-refractivity contribution < 1.29 is 13.7 Å². The number of amides is 1. The minimum absolute atomic E-state index is 0.161. The van der Waals surface area contributed by atoms with Crippen LogP contribution in [-0.4, -0.2) is 16.0 Å². The van der Waals surface area contributed by atoms with Crippen LogP contribution in [-0.2, 0) is 19.4 Å². The van der Waals surface area contributed by atoms with E-state index in [0.717, 1.165) is 18.4 Å². The van der Waals surface area contributed by atoms with Crippen molar-refractivity contribution in [2.75, 3.05) is 4.90 Å². The smallest absolute Gasteiger partial charge is 0.281 e. The number of benzene rings is 2. The number of hydrogen-bond donors (Lipinski definition) is 0. The highest BCUT2D eigenvalue weighted by Gasteiger charge is 2.23. The summed E-state index contributed by atoms with van der Waals surface area (Å²) in [6.45, 7) is 0.161. The summed E-state index contributed by atoms with van der Waals surface area (Å²) in [6, 6.07) is 19.4. The highest BCUT2D eigenvalue weighted by atomic mass is 19.1. The average molecular weight is 427 g/mol. The van der Waals surface area contributed by atoms with Gasteiger partial charge in [-0.1, -0.05) is 35.5 Å². The maximum absolute atomic E-state index is 13.7. The molecule has 0 unspecified atom stereocenters. The fourth-order valence-electron chi connectivity index (χ4n) is 4.13. The number of nitrogens with zero attached hydrogens (tertiary/aromatic N) is 3. The van der Waals surface area contributed by atoms with E-state index in [1.807, 2.05) is 6.07 Å². The number of fused-ring (bicyclic) bond motifs is 1. The van der Waals surface area contributed by atoms with Gasteiger partial charge in [-0.15, -0.1) is 0 Å². The lowest BCUT2D eigenvalue weighted by molar-refractivity contribution is 0.0975. The van der Waals surface area contributed by atoms with Gasteiger partial charge in [-0.05, 0) is 72.7 Å². The zero-order valence-electron chi connectivity index (χ0n) is 17.5. The van der Waals surface area contributed by atoms with Gasteiger partial charge in [-0.3, -0.25) is 9.69 Å². The van der Waals surface area contributed by atoms with E-state index >= 15 is 0 Å². The molecular formula is C26H22FN3O2. The topological polar surface area (TPSA) is 59.2 Å². The first kappa shape index (κ1) is 20.1. The Labute approximate surface area is 185 Å². The van der Waals surface area contributed by atoms with E-state index in [4.69, 9.17) is 4.52 Å². The molecule has 6 heteroatoms. The van der Waals surface area contributed by atoms with Crippen molar-refractivity contribution in [3.8, 4) is 11.3 Å². The van der Waals surface area contributed by atoms with Crippen LogP contribution in [0.3, 0.4) is 0 Å². The second-order valence-electron chi connectivity index (χ2n) is 7.98. The van der Waals surface area contributed by atoms with Crippen LogP contribution in [0, 0.1) is 5.82 Å². The largest absolute Gasteiger partial charge is 0.355 e. The predicted octanol–water partition coefficient (Wildman–Crippen LogP) is 5.60. The van der Waals surface area contributed by atoms with Gasteiger partial charge in [0.2, 0.25) is 0 Å². The highest BCUT2D eigenvalue weighted by molar-refractivity contribution is 6.04. The lowest BCUT2D eigenvalue weighted by atomic mass is 9.90. The van der Waals surface area contributed by atoms with Crippen LogP contribution in [0.1, 0.15) is 40.0 Å². The van der Waals surface area contributed by atoms with Gasteiger partial charge in [0.05, 0.1) is 6.54 Å². The third-order valence-electron chi connectivity index (χ3n) is 5.76. The minimum atomic E-state index is -0.360. The van der Waals surface area contributed by atoms with Crippen molar-refractivity contribution in [1.82, 2.24) is 10.1 Å². The number of pyridine rings is 1. The standard InChI is InChI=1S/C26H22FN3O2/c27-22-9-5-6-18(14-22)17-30(25-10-3-4-13-28-25)26(31)23-16-24(32-29-23)21-12-11-19-7-1-2-8-20(19)15-21/h3-6,9-16H,1-2,7-8,17H2. The molecule has 0 saturated heterocycles. The number of carbonyl (C=O) groups is 1. The van der Waals surface area contributed by atoms with Gasteiger partial charge in [-0.2, -0.15) is 0 Å². The molecule has 0 atom stereocenters. The lowest BCUT2D eigenvalue weighted by Gasteiger charge is -2.20. The third-order valence-corrected chi connectivity index (χ3v) is 5.76. The van der Waals surface area contributed by atoms with Crippen LogP contribution in [0.15, 0.2) is 77.4 Å². The number of hydrogen-bond acceptors (Lipinski definition) is 4. The second-order valence-corrected chi connectivity index (χ2v) is 7.98. The number of aryl methyl sites for hydroxylation is 2. The molecule has 0 fully saturated rings. The van der Waals surface area contributed by atoms with Gasteiger partial charge in [0, 0.05) is 17.8 Å². The molecule has 2 heterocycles. The van der Waals surface area contributed by atoms with Gasteiger partial charge < -0.3 is 4.52 Å². The molecule has 2 aromatic heterocycles. The molecule has 4 aromatic rings. The summed E-state index contributed by atoms with van der Waals surface area (Å²) in [7, 11) is 0. The predicted molar refractivity (Wildman–Crippen MR) is 120 cm³/mol. The summed E-state index contributed by atoms with van der Waals surface area (Å²) in [6.07, 6.45) is 6.19. The molecule has 1 amide bonds. The molecule has 0 aliphatic heterocycles. The number of rotatable bonds is 5. The van der Waals surface area contributed by atoms with Gasteiger partial charge in [-0.25, -0.2) is 9.37 Å². The van der Waals surface area contributed by atoms with E-state index in [-0.39, 0.29) is 24.0 Å². The van der Waals surface area contributed by atoms with E-state index in [0.29, 0.717) is 17.1 Å². The third kappa shape index (κ3) is 4.17. The maximum atomic E-state index is 13.7. The highest BCUT2D eigenvalue weighted by Crippen LogP contribution is 2.28. The van der Waals surface area contributed by atoms with E-state index in [1.54, 1.807) is 42.6 Å². The Bertz CT molecular complexity index is 1250. The summed E-state index contributed by atoms with van der Waals surface area (Å²) in [4.78, 5) is 19.2. The van der Waals surface area contributed by atoms with Crippen LogP contribution >= 0.6 is 0 Å². The van der Waals surface area contributed by atoms with Crippen LogP contribution in [0.4, 0.5) is 10.2 Å². The molecule has 2 aromatic carbocycles. The minimum Gasteiger partial charge on any atom is -0.355 e. The Morgan fingerprint density at radius 3 is 2.66 bits per heavy atom. The van der Waals surface area contributed by atoms with Crippen molar-refractivity contribution in [2.24, 2.45) is 0 Å². The normalized spacial score (nSPS) is 12.9. The Kier molecular flexibility index (Phi) is 5.50. The molecule has 5 rings (SSSR count). The van der Waals surface area contributed by atoms with Gasteiger partial charge >= 0.3 is 0 Å². The number of aromatic nitrogens is 2. The van der Waals surface area contributed by atoms with Crippen molar-refractivity contribution in [3.63, 3.8) is 0 Å². The molecule has 1 aliphatic rings. The first-order valence-corrected chi connectivity index (χ1v) is 10.7. The first-order chi connectivity index (χ1) is 15.7. The van der Waals surface area contributed by atoms with E-state index < -0.39 is 0 Å². The van der Waals surface area contributed by atoms with Crippen LogP contribution in [0.2, 0.25) is 0 Å². The van der Waals surface area contributed by atoms with Crippen molar-refractivity contribution >= 4 is 11.7 Å². The number of anilines is 1. The molecule has 0 N–H and O–H groups in total. The van der Waals surface area contributed by atoms with Crippen LogP contribution < -0.4 is 4.90 Å². The lowest BCUT2D eigenvalue weighted by Crippen LogP contribution is -2.31. The Morgan fingerprint density at radius 2 is 1.84 bits per heavy atom. The second kappa shape index (κ2) is 8.75. The zero-order valence-corrected chi connectivity index (χ0v) is 17.5. The summed E-state index contributed by atoms with van der Waals surface area (Å²) >= 11 is 0. The van der Waals surface area contributed by atoms with Crippen LogP contribution in [0.5, 0.6) is 0 Å². The van der Waals surface area contributed by atoms with Gasteiger partial charge in [0.25, 0.3) is 5.91 Å². The number of halogens is 1. The molecular weight excluding hydrogens is 405 g/mol. The SMILES string of the molecule is O=C(c1cc(-c2ccc3c(c2)CCCC3)on1)N(Cc1cccc(F)c1)c1ccccn1. The first-order valence-electron chi connectivity index (χ1n) is 10.7. The quantitative estimate of drug-likeness (QED) is 0.416. The Morgan fingerprint density at radius 1 is 0.969 bits per heavy atom.